The van der Waals surface area contributed by atoms with Crippen LogP contribution >= 0.6 is 11.3 Å². The average molecular weight is 623 g/mol. The fraction of sp³-hybridized carbons (Fsp3) is 0.333. The van der Waals surface area contributed by atoms with Crippen molar-refractivity contribution in [1.29, 1.82) is 0 Å². The minimum absolute atomic E-state index is 0.0293. The van der Waals surface area contributed by atoms with Crippen LogP contribution in [0.3, 0.4) is 0 Å². The first-order chi connectivity index (χ1) is 22.1. The Morgan fingerprint density at radius 1 is 0.978 bits per heavy atom. The van der Waals surface area contributed by atoms with Gasteiger partial charge < -0.3 is 14.5 Å². The van der Waals surface area contributed by atoms with Gasteiger partial charge in [0.05, 0.1) is 40.8 Å². The number of carbonyl (C=O) groups is 2. The molecule has 12 heteroatoms. The largest absolute Gasteiger partial charge is 0.378 e. The zero-order valence-corrected chi connectivity index (χ0v) is 25.7. The number of amides is 1. The molecule has 7 rings (SSSR count). The molecule has 2 fully saturated rings. The van der Waals surface area contributed by atoms with Gasteiger partial charge >= 0.3 is 0 Å². The molecule has 5 aromatic rings. The molecule has 1 N–H and O–H groups in total. The molecule has 0 radical (unpaired) electrons. The minimum atomic E-state index is -0.0680. The van der Waals surface area contributed by atoms with Gasteiger partial charge in [-0.15, -0.1) is 11.3 Å². The van der Waals surface area contributed by atoms with Gasteiger partial charge in [-0.3, -0.25) is 24.6 Å². The van der Waals surface area contributed by atoms with Gasteiger partial charge in [0, 0.05) is 80.7 Å². The van der Waals surface area contributed by atoms with Gasteiger partial charge in [0.25, 0.3) is 0 Å². The number of carbonyl (C=O) groups excluding carboxylic acids is 2. The van der Waals surface area contributed by atoms with E-state index in [2.05, 4.69) is 31.0 Å². The molecular formula is C33H34N8O3S. The maximum atomic E-state index is 12.8. The zero-order chi connectivity index (χ0) is 30.6. The number of rotatable bonds is 9. The molecule has 6 heterocycles. The number of aromatic amines is 1. The van der Waals surface area contributed by atoms with Gasteiger partial charge in [-0.25, -0.2) is 9.97 Å². The number of nitrogens with zero attached hydrogens (tertiary/aromatic N) is 7. The van der Waals surface area contributed by atoms with E-state index in [0.717, 1.165) is 70.9 Å². The molecule has 1 aromatic carbocycles. The number of nitrogens with one attached hydrogen (secondary N) is 1. The highest BCUT2D eigenvalue weighted by atomic mass is 32.1. The Morgan fingerprint density at radius 2 is 1.84 bits per heavy atom. The van der Waals surface area contributed by atoms with Crippen LogP contribution in [0.15, 0.2) is 60.9 Å². The molecule has 0 saturated carbocycles. The van der Waals surface area contributed by atoms with Gasteiger partial charge in [-0.2, -0.15) is 5.10 Å². The van der Waals surface area contributed by atoms with E-state index < -0.39 is 0 Å². The lowest BCUT2D eigenvalue weighted by molar-refractivity contribution is -0.134. The van der Waals surface area contributed by atoms with Crippen LogP contribution in [0.5, 0.6) is 0 Å². The van der Waals surface area contributed by atoms with Crippen molar-refractivity contribution in [2.75, 3.05) is 57.4 Å². The van der Waals surface area contributed by atoms with E-state index >= 15 is 0 Å². The van der Waals surface area contributed by atoms with Crippen molar-refractivity contribution in [1.82, 2.24) is 34.9 Å². The van der Waals surface area contributed by atoms with Gasteiger partial charge in [0.2, 0.25) is 5.91 Å². The lowest BCUT2D eigenvalue weighted by Crippen LogP contribution is -2.48. The number of ketones is 1. The number of piperazine rings is 1. The van der Waals surface area contributed by atoms with E-state index in [1.165, 1.54) is 11.0 Å². The number of ether oxygens (including phenoxy) is 1. The molecule has 0 atom stereocenters. The van der Waals surface area contributed by atoms with Crippen molar-refractivity contribution in [3.05, 3.63) is 71.5 Å². The average Bonchev–Trinajstić information content (AvgIpc) is 3.74. The second kappa shape index (κ2) is 13.2. The topological polar surface area (TPSA) is 120 Å². The van der Waals surface area contributed by atoms with E-state index in [-0.39, 0.29) is 24.5 Å². The minimum Gasteiger partial charge on any atom is -0.378 e. The van der Waals surface area contributed by atoms with E-state index in [0.29, 0.717) is 32.1 Å². The summed E-state index contributed by atoms with van der Waals surface area (Å²) in [4.78, 5) is 47.2. The molecule has 4 aromatic heterocycles. The van der Waals surface area contributed by atoms with Crippen LogP contribution in [-0.2, 0) is 20.9 Å². The predicted molar refractivity (Wildman–Crippen MR) is 175 cm³/mol. The molecule has 0 spiro atoms. The molecule has 0 unspecified atom stereocenters. The highest BCUT2D eigenvalue weighted by molar-refractivity contribution is 7.19. The quantitative estimate of drug-likeness (QED) is 0.242. The SMILES string of the molecule is O=C(/C=C/c1ccccn1)CCC(=O)N1CCN(Cc2cc3nc(-c4cccc5[nH]ncc45)nc(N4CCOCC4)c3s2)CC1. The summed E-state index contributed by atoms with van der Waals surface area (Å²) < 4.78 is 6.72. The Balaban J connectivity index is 1.01. The van der Waals surface area contributed by atoms with Crippen LogP contribution in [0.2, 0.25) is 0 Å². The number of aromatic nitrogens is 5. The smallest absolute Gasteiger partial charge is 0.223 e. The molecule has 11 nitrogen and oxygen atoms in total. The van der Waals surface area contributed by atoms with Gasteiger partial charge in [-0.05, 0) is 36.4 Å². The Bertz CT molecular complexity index is 1840. The number of morpholine rings is 1. The molecule has 230 valence electrons. The Morgan fingerprint density at radius 3 is 2.67 bits per heavy atom. The maximum Gasteiger partial charge on any atom is 0.223 e. The van der Waals surface area contributed by atoms with Crippen molar-refractivity contribution in [2.24, 2.45) is 0 Å². The summed E-state index contributed by atoms with van der Waals surface area (Å²) in [5.74, 6) is 1.61. The maximum absolute atomic E-state index is 12.8. The summed E-state index contributed by atoms with van der Waals surface area (Å²) in [7, 11) is 0. The second-order valence-electron chi connectivity index (χ2n) is 11.2. The lowest BCUT2D eigenvalue weighted by Gasteiger charge is -2.34. The highest BCUT2D eigenvalue weighted by Crippen LogP contribution is 2.36. The van der Waals surface area contributed by atoms with E-state index in [4.69, 9.17) is 14.7 Å². The third kappa shape index (κ3) is 6.63. The van der Waals surface area contributed by atoms with E-state index in [1.807, 2.05) is 47.5 Å². The number of thiophene rings is 1. The first-order valence-electron chi connectivity index (χ1n) is 15.3. The number of benzene rings is 1. The predicted octanol–water partition coefficient (Wildman–Crippen LogP) is 4.17. The molecule has 2 saturated heterocycles. The van der Waals surface area contributed by atoms with Crippen molar-refractivity contribution < 1.29 is 14.3 Å². The summed E-state index contributed by atoms with van der Waals surface area (Å²) in [6.45, 7) is 6.58. The lowest BCUT2D eigenvalue weighted by atomic mass is 10.1. The second-order valence-corrected chi connectivity index (χ2v) is 12.4. The fourth-order valence-corrected chi connectivity index (χ4v) is 6.97. The number of anilines is 1. The van der Waals surface area contributed by atoms with E-state index in [9.17, 15) is 9.59 Å². The van der Waals surface area contributed by atoms with Crippen LogP contribution in [0, 0.1) is 0 Å². The summed E-state index contributed by atoms with van der Waals surface area (Å²) in [5.41, 5.74) is 3.58. The monoisotopic (exact) mass is 622 g/mol. The normalized spacial score (nSPS) is 16.3. The molecule has 45 heavy (non-hydrogen) atoms. The first-order valence-corrected chi connectivity index (χ1v) is 16.1. The van der Waals surface area contributed by atoms with Crippen molar-refractivity contribution >= 4 is 56.0 Å². The van der Waals surface area contributed by atoms with Crippen LogP contribution in [-0.4, -0.2) is 99.1 Å². The molecular weight excluding hydrogens is 588 g/mol. The fourth-order valence-electron chi connectivity index (χ4n) is 5.82. The van der Waals surface area contributed by atoms with Crippen molar-refractivity contribution in [2.45, 2.75) is 19.4 Å². The number of hydrogen-bond acceptors (Lipinski definition) is 10. The van der Waals surface area contributed by atoms with Gasteiger partial charge in [0.15, 0.2) is 17.4 Å². The molecule has 0 bridgehead atoms. The van der Waals surface area contributed by atoms with Crippen LogP contribution < -0.4 is 4.90 Å². The number of H-pyrrole nitrogens is 1. The zero-order valence-electron chi connectivity index (χ0n) is 24.9. The number of hydrogen-bond donors (Lipinski definition) is 1. The van der Waals surface area contributed by atoms with Crippen molar-refractivity contribution in [3.8, 4) is 11.4 Å². The third-order valence-electron chi connectivity index (χ3n) is 8.26. The molecule has 2 aliphatic rings. The number of fused-ring (bicyclic) bond motifs is 2. The Labute approximate surface area is 264 Å². The first kappa shape index (κ1) is 29.2. The van der Waals surface area contributed by atoms with Crippen LogP contribution in [0.25, 0.3) is 38.6 Å². The van der Waals surface area contributed by atoms with E-state index in [1.54, 1.807) is 23.6 Å². The summed E-state index contributed by atoms with van der Waals surface area (Å²) in [5, 5.41) is 8.27. The van der Waals surface area contributed by atoms with Crippen LogP contribution in [0.1, 0.15) is 23.4 Å². The third-order valence-corrected chi connectivity index (χ3v) is 9.36. The molecule has 2 aliphatic heterocycles. The Hall–Kier alpha value is -4.52. The van der Waals surface area contributed by atoms with Crippen molar-refractivity contribution in [3.63, 3.8) is 0 Å². The molecule has 1 amide bonds. The summed E-state index contributed by atoms with van der Waals surface area (Å²) in [6, 6.07) is 13.8. The van der Waals surface area contributed by atoms with Gasteiger partial charge in [0.1, 0.15) is 0 Å². The van der Waals surface area contributed by atoms with Gasteiger partial charge in [-0.1, -0.05) is 18.2 Å². The standard InChI is InChI=1S/C33H34N8O3S/c42-24(8-7-23-4-1-2-11-34-23)9-10-30(43)40-14-12-39(13-15-40)22-25-20-29-31(45-25)33(41-16-18-44-19-17-41)37-32(36-29)26-5-3-6-28-27(26)21-35-38-28/h1-8,11,20-21H,9-10,12-19,22H2,(H,35,38)/b8-7+. The summed E-state index contributed by atoms with van der Waals surface area (Å²) >= 11 is 1.75. The summed E-state index contributed by atoms with van der Waals surface area (Å²) in [6.07, 6.45) is 7.14. The van der Waals surface area contributed by atoms with Crippen LogP contribution in [0.4, 0.5) is 5.82 Å². The Kier molecular flexibility index (Phi) is 8.58. The molecule has 0 aliphatic carbocycles. The number of pyridine rings is 1. The highest BCUT2D eigenvalue weighted by Gasteiger charge is 2.24. The number of allylic oxidation sites excluding steroid dienone is 1.